The average molecular weight is 166 g/mol. The van der Waals surface area contributed by atoms with Crippen LogP contribution in [0.2, 0.25) is 0 Å². The summed E-state index contributed by atoms with van der Waals surface area (Å²) in [7, 11) is 0. The summed E-state index contributed by atoms with van der Waals surface area (Å²) in [5, 5.41) is 0. The molecule has 2 nitrogen and oxygen atoms in total. The third-order valence-electron chi connectivity index (χ3n) is 1.48. The fourth-order valence-corrected chi connectivity index (χ4v) is 0.877. The van der Waals surface area contributed by atoms with Gasteiger partial charge in [0.1, 0.15) is 0 Å². The Labute approximate surface area is 74.6 Å². The first-order valence-corrected chi connectivity index (χ1v) is 4.16. The van der Waals surface area contributed by atoms with Gasteiger partial charge >= 0.3 is 0 Å². The van der Waals surface area contributed by atoms with Crippen molar-refractivity contribution in [3.8, 4) is 0 Å². The molecule has 0 aromatic carbocycles. The molecule has 0 aromatic rings. The predicted molar refractivity (Wildman–Crippen MR) is 54.3 cm³/mol. The van der Waals surface area contributed by atoms with Crippen molar-refractivity contribution in [3.63, 3.8) is 0 Å². The standard InChI is InChI=1S/C10H18N2/c1-4-6-9(7-8(3)11)10(12)5-2/h4,6-7H,5,11-12H2,1-3H3/b6-4-,8-7-,10-9-. The Morgan fingerprint density at radius 2 is 1.92 bits per heavy atom. The summed E-state index contributed by atoms with van der Waals surface area (Å²) in [5.41, 5.74) is 14.0. The summed E-state index contributed by atoms with van der Waals surface area (Å²) in [5.74, 6) is 0. The number of rotatable bonds is 3. The molecule has 0 atom stereocenters. The van der Waals surface area contributed by atoms with Gasteiger partial charge in [-0.15, -0.1) is 0 Å². The lowest BCUT2D eigenvalue weighted by molar-refractivity contribution is 1.05. The quantitative estimate of drug-likeness (QED) is 0.630. The summed E-state index contributed by atoms with van der Waals surface area (Å²) in [6, 6.07) is 0. The molecule has 0 aliphatic heterocycles. The highest BCUT2D eigenvalue weighted by Gasteiger charge is 1.93. The Bertz CT molecular complexity index is 218. The zero-order valence-corrected chi connectivity index (χ0v) is 8.09. The Morgan fingerprint density at radius 3 is 2.25 bits per heavy atom. The van der Waals surface area contributed by atoms with E-state index in [1.54, 1.807) is 0 Å². The second kappa shape index (κ2) is 5.47. The van der Waals surface area contributed by atoms with Crippen LogP contribution in [-0.4, -0.2) is 0 Å². The lowest BCUT2D eigenvalue weighted by atomic mass is 10.1. The van der Waals surface area contributed by atoms with Crippen LogP contribution < -0.4 is 11.5 Å². The molecular weight excluding hydrogens is 148 g/mol. The summed E-state index contributed by atoms with van der Waals surface area (Å²) in [4.78, 5) is 0. The first-order chi connectivity index (χ1) is 5.61. The highest BCUT2D eigenvalue weighted by Crippen LogP contribution is 2.07. The molecule has 0 amide bonds. The van der Waals surface area contributed by atoms with E-state index in [9.17, 15) is 0 Å². The Morgan fingerprint density at radius 1 is 1.33 bits per heavy atom. The molecule has 0 bridgehead atoms. The number of hydrogen-bond acceptors (Lipinski definition) is 2. The van der Waals surface area contributed by atoms with E-state index in [-0.39, 0.29) is 0 Å². The molecule has 0 aliphatic rings. The fourth-order valence-electron chi connectivity index (χ4n) is 0.877. The third kappa shape index (κ3) is 3.86. The maximum atomic E-state index is 5.78. The normalized spacial score (nSPS) is 15.1. The van der Waals surface area contributed by atoms with Gasteiger partial charge in [-0.05, 0) is 31.9 Å². The van der Waals surface area contributed by atoms with Gasteiger partial charge in [-0.25, -0.2) is 0 Å². The fraction of sp³-hybridized carbons (Fsp3) is 0.400. The highest BCUT2D eigenvalue weighted by atomic mass is 14.6. The third-order valence-corrected chi connectivity index (χ3v) is 1.48. The van der Waals surface area contributed by atoms with E-state index in [1.807, 2.05) is 39.0 Å². The minimum Gasteiger partial charge on any atom is -0.402 e. The Kier molecular flexibility index (Phi) is 4.93. The van der Waals surface area contributed by atoms with Gasteiger partial charge in [0.25, 0.3) is 0 Å². The molecule has 0 unspecified atom stereocenters. The molecule has 0 radical (unpaired) electrons. The van der Waals surface area contributed by atoms with Gasteiger partial charge in [0, 0.05) is 11.4 Å². The van der Waals surface area contributed by atoms with Crippen molar-refractivity contribution in [3.05, 3.63) is 35.2 Å². The van der Waals surface area contributed by atoms with Gasteiger partial charge in [0.2, 0.25) is 0 Å². The molecular formula is C10H18N2. The maximum Gasteiger partial charge on any atom is 0.0152 e. The minimum absolute atomic E-state index is 0.777. The second-order valence-corrected chi connectivity index (χ2v) is 2.72. The topological polar surface area (TPSA) is 52.0 Å². The van der Waals surface area contributed by atoms with Crippen LogP contribution in [0.25, 0.3) is 0 Å². The van der Waals surface area contributed by atoms with Gasteiger partial charge in [-0.3, -0.25) is 0 Å². The van der Waals surface area contributed by atoms with E-state index in [1.165, 1.54) is 0 Å². The van der Waals surface area contributed by atoms with E-state index in [0.29, 0.717) is 0 Å². The van der Waals surface area contributed by atoms with Gasteiger partial charge in [0.05, 0.1) is 0 Å². The van der Waals surface area contributed by atoms with Crippen LogP contribution in [0.4, 0.5) is 0 Å². The Hall–Kier alpha value is -1.18. The summed E-state index contributed by atoms with van der Waals surface area (Å²) >= 11 is 0. The van der Waals surface area contributed by atoms with Crippen molar-refractivity contribution < 1.29 is 0 Å². The zero-order valence-electron chi connectivity index (χ0n) is 8.09. The lowest BCUT2D eigenvalue weighted by Gasteiger charge is -2.01. The second-order valence-electron chi connectivity index (χ2n) is 2.72. The van der Waals surface area contributed by atoms with Gasteiger partial charge < -0.3 is 11.5 Å². The van der Waals surface area contributed by atoms with Gasteiger partial charge in [-0.1, -0.05) is 19.1 Å². The van der Waals surface area contributed by atoms with Crippen LogP contribution >= 0.6 is 0 Å². The van der Waals surface area contributed by atoms with Crippen molar-refractivity contribution >= 4 is 0 Å². The van der Waals surface area contributed by atoms with E-state index < -0.39 is 0 Å². The summed E-state index contributed by atoms with van der Waals surface area (Å²) in [6.45, 7) is 5.84. The lowest BCUT2D eigenvalue weighted by Crippen LogP contribution is -2.00. The molecule has 0 aromatic heterocycles. The van der Waals surface area contributed by atoms with Crippen molar-refractivity contribution in [2.45, 2.75) is 27.2 Å². The van der Waals surface area contributed by atoms with Crippen molar-refractivity contribution in [2.24, 2.45) is 11.5 Å². The molecule has 0 spiro atoms. The van der Waals surface area contributed by atoms with Gasteiger partial charge in [-0.2, -0.15) is 0 Å². The van der Waals surface area contributed by atoms with E-state index >= 15 is 0 Å². The number of allylic oxidation sites excluding steroid dienone is 6. The Balaban J connectivity index is 4.79. The van der Waals surface area contributed by atoms with Crippen molar-refractivity contribution in [1.82, 2.24) is 0 Å². The van der Waals surface area contributed by atoms with Crippen LogP contribution in [0, 0.1) is 0 Å². The summed E-state index contributed by atoms with van der Waals surface area (Å²) < 4.78 is 0. The minimum atomic E-state index is 0.777. The molecule has 4 N–H and O–H groups in total. The van der Waals surface area contributed by atoms with Crippen LogP contribution in [-0.2, 0) is 0 Å². The van der Waals surface area contributed by atoms with Crippen molar-refractivity contribution in [2.75, 3.05) is 0 Å². The molecule has 0 fully saturated rings. The molecule has 12 heavy (non-hydrogen) atoms. The predicted octanol–water partition coefficient (Wildman–Crippen LogP) is 2.05. The monoisotopic (exact) mass is 166 g/mol. The smallest absolute Gasteiger partial charge is 0.0152 e. The summed E-state index contributed by atoms with van der Waals surface area (Å²) in [6.07, 6.45) is 6.66. The highest BCUT2D eigenvalue weighted by molar-refractivity contribution is 5.35. The molecule has 68 valence electrons. The maximum absolute atomic E-state index is 5.78. The molecule has 2 heteroatoms. The largest absolute Gasteiger partial charge is 0.402 e. The van der Waals surface area contributed by atoms with E-state index in [0.717, 1.165) is 23.4 Å². The number of nitrogens with two attached hydrogens (primary N) is 2. The average Bonchev–Trinajstić information content (AvgIpc) is 2.01. The molecule has 0 heterocycles. The molecule has 0 saturated carbocycles. The van der Waals surface area contributed by atoms with Crippen LogP contribution in [0.5, 0.6) is 0 Å². The zero-order chi connectivity index (χ0) is 9.56. The molecule has 0 aliphatic carbocycles. The molecule has 0 rings (SSSR count). The van der Waals surface area contributed by atoms with Crippen LogP contribution in [0.1, 0.15) is 27.2 Å². The van der Waals surface area contributed by atoms with Crippen LogP contribution in [0.3, 0.4) is 0 Å². The van der Waals surface area contributed by atoms with Crippen LogP contribution in [0.15, 0.2) is 35.2 Å². The SMILES string of the molecule is C\C=C/C(/C=C(/C)N)=C(/N)CC. The first-order valence-electron chi connectivity index (χ1n) is 4.16. The van der Waals surface area contributed by atoms with Gasteiger partial charge in [0.15, 0.2) is 0 Å². The molecule has 0 saturated heterocycles. The first kappa shape index (κ1) is 10.8. The van der Waals surface area contributed by atoms with E-state index in [4.69, 9.17) is 11.5 Å². The van der Waals surface area contributed by atoms with Crippen molar-refractivity contribution in [1.29, 1.82) is 0 Å². The number of hydrogen-bond donors (Lipinski definition) is 2. The van der Waals surface area contributed by atoms with E-state index in [2.05, 4.69) is 0 Å².